The van der Waals surface area contributed by atoms with Crippen LogP contribution in [0, 0.1) is 6.92 Å². The van der Waals surface area contributed by atoms with Crippen molar-refractivity contribution in [2.24, 2.45) is 7.05 Å². The summed E-state index contributed by atoms with van der Waals surface area (Å²) in [5.74, 6) is 0.150. The van der Waals surface area contributed by atoms with Gasteiger partial charge in [0, 0.05) is 46.5 Å². The van der Waals surface area contributed by atoms with Gasteiger partial charge in [-0.1, -0.05) is 18.2 Å². The zero-order chi connectivity index (χ0) is 18.7. The van der Waals surface area contributed by atoms with E-state index in [1.165, 1.54) is 5.69 Å². The first kappa shape index (κ1) is 18.5. The molecule has 1 aromatic carbocycles. The fourth-order valence-corrected chi connectivity index (χ4v) is 3.75. The molecule has 2 heterocycles. The predicted molar refractivity (Wildman–Crippen MR) is 104 cm³/mol. The van der Waals surface area contributed by atoms with Crippen LogP contribution in [0.4, 0.5) is 5.69 Å². The van der Waals surface area contributed by atoms with E-state index in [0.717, 1.165) is 43.9 Å². The van der Waals surface area contributed by atoms with Gasteiger partial charge in [-0.25, -0.2) is 0 Å². The van der Waals surface area contributed by atoms with Crippen molar-refractivity contribution < 1.29 is 4.79 Å². The molecule has 6 nitrogen and oxygen atoms in total. The highest BCUT2D eigenvalue weighted by Crippen LogP contribution is 2.29. The molecule has 0 atom stereocenters. The average Bonchev–Trinajstić information content (AvgIpc) is 2.94. The monoisotopic (exact) mass is 355 g/mol. The van der Waals surface area contributed by atoms with E-state index in [9.17, 15) is 4.79 Å². The van der Waals surface area contributed by atoms with Crippen molar-refractivity contribution in [1.82, 2.24) is 19.6 Å². The third-order valence-corrected chi connectivity index (χ3v) is 5.17. The van der Waals surface area contributed by atoms with Crippen molar-refractivity contribution in [2.45, 2.75) is 31.8 Å². The van der Waals surface area contributed by atoms with Crippen LogP contribution in [0.5, 0.6) is 0 Å². The van der Waals surface area contributed by atoms with E-state index < -0.39 is 5.54 Å². The fourth-order valence-electron chi connectivity index (χ4n) is 3.75. The lowest BCUT2D eigenvalue weighted by Crippen LogP contribution is -2.57. The molecule has 3 rings (SSSR count). The predicted octanol–water partition coefficient (Wildman–Crippen LogP) is 2.26. The summed E-state index contributed by atoms with van der Waals surface area (Å²) in [7, 11) is 5.66. The van der Waals surface area contributed by atoms with E-state index in [1.54, 1.807) is 4.90 Å². The van der Waals surface area contributed by atoms with E-state index in [1.807, 2.05) is 63.1 Å². The summed E-state index contributed by atoms with van der Waals surface area (Å²) in [6.07, 6.45) is 1.57. The Kier molecular flexibility index (Phi) is 5.32. The van der Waals surface area contributed by atoms with E-state index in [4.69, 9.17) is 0 Å². The maximum Gasteiger partial charge on any atom is 0.247 e. The van der Waals surface area contributed by atoms with Gasteiger partial charge < -0.3 is 10.2 Å². The molecule has 0 saturated carbocycles. The van der Waals surface area contributed by atoms with Gasteiger partial charge in [0.1, 0.15) is 5.54 Å². The molecule has 1 amide bonds. The van der Waals surface area contributed by atoms with Gasteiger partial charge in [-0.05, 0) is 38.0 Å². The second-order valence-corrected chi connectivity index (χ2v) is 7.45. The van der Waals surface area contributed by atoms with Gasteiger partial charge in [0.15, 0.2) is 0 Å². The van der Waals surface area contributed by atoms with Crippen LogP contribution in [0.15, 0.2) is 36.4 Å². The number of rotatable bonds is 5. The van der Waals surface area contributed by atoms with Crippen molar-refractivity contribution in [1.29, 1.82) is 0 Å². The van der Waals surface area contributed by atoms with Crippen LogP contribution < -0.4 is 5.32 Å². The van der Waals surface area contributed by atoms with Gasteiger partial charge in [0.25, 0.3) is 0 Å². The lowest BCUT2D eigenvalue weighted by molar-refractivity contribution is -0.135. The van der Waals surface area contributed by atoms with Gasteiger partial charge >= 0.3 is 0 Å². The molecule has 0 radical (unpaired) electrons. The highest BCUT2D eigenvalue weighted by molar-refractivity contribution is 5.89. The van der Waals surface area contributed by atoms with Gasteiger partial charge in [0.05, 0.1) is 11.4 Å². The third-order valence-electron chi connectivity index (χ3n) is 5.17. The Labute approximate surface area is 155 Å². The molecule has 0 unspecified atom stereocenters. The summed E-state index contributed by atoms with van der Waals surface area (Å²) in [5, 5.41) is 7.97. The molecule has 1 aromatic heterocycles. The molecule has 140 valence electrons. The zero-order valence-corrected chi connectivity index (χ0v) is 16.2. The number of amides is 1. The molecule has 26 heavy (non-hydrogen) atoms. The molecular weight excluding hydrogens is 326 g/mol. The molecule has 1 aliphatic rings. The van der Waals surface area contributed by atoms with Crippen molar-refractivity contribution in [3.63, 3.8) is 0 Å². The molecule has 1 saturated heterocycles. The molecule has 0 spiro atoms. The number of nitrogens with one attached hydrogen (secondary N) is 1. The van der Waals surface area contributed by atoms with Crippen molar-refractivity contribution >= 4 is 11.6 Å². The molecule has 0 aliphatic carbocycles. The SMILES string of the molecule is Cc1cc(CN2CCC(Nc3ccccc3)(C(=O)N(C)C)CC2)n(C)n1. The zero-order valence-electron chi connectivity index (χ0n) is 16.2. The summed E-state index contributed by atoms with van der Waals surface area (Å²) in [5.41, 5.74) is 2.72. The van der Waals surface area contributed by atoms with Gasteiger partial charge in [-0.3, -0.25) is 14.4 Å². The number of para-hydroxylation sites is 1. The summed E-state index contributed by atoms with van der Waals surface area (Å²) >= 11 is 0. The van der Waals surface area contributed by atoms with Crippen molar-refractivity contribution in [3.8, 4) is 0 Å². The number of carbonyl (C=O) groups excluding carboxylic acids is 1. The summed E-state index contributed by atoms with van der Waals surface area (Å²) in [6, 6.07) is 12.2. The maximum atomic E-state index is 13.0. The number of piperidine rings is 1. The number of likely N-dealkylation sites (tertiary alicyclic amines) is 1. The fraction of sp³-hybridized carbons (Fsp3) is 0.500. The Morgan fingerprint density at radius 2 is 1.88 bits per heavy atom. The number of aryl methyl sites for hydroxylation is 2. The number of likely N-dealkylation sites (N-methyl/N-ethyl adjacent to an activating group) is 1. The normalized spacial score (nSPS) is 17.1. The van der Waals surface area contributed by atoms with Gasteiger partial charge in [-0.15, -0.1) is 0 Å². The molecule has 1 fully saturated rings. The first-order valence-electron chi connectivity index (χ1n) is 9.16. The number of benzene rings is 1. The first-order valence-corrected chi connectivity index (χ1v) is 9.16. The second kappa shape index (κ2) is 7.50. The Morgan fingerprint density at radius 3 is 2.42 bits per heavy atom. The van der Waals surface area contributed by atoms with E-state index >= 15 is 0 Å². The highest BCUT2D eigenvalue weighted by Gasteiger charge is 2.42. The topological polar surface area (TPSA) is 53.4 Å². The van der Waals surface area contributed by atoms with E-state index in [2.05, 4.69) is 21.4 Å². The van der Waals surface area contributed by atoms with E-state index in [-0.39, 0.29) is 5.91 Å². The number of nitrogens with zero attached hydrogens (tertiary/aromatic N) is 4. The molecule has 6 heteroatoms. The minimum absolute atomic E-state index is 0.150. The van der Waals surface area contributed by atoms with Crippen molar-refractivity contribution in [3.05, 3.63) is 47.8 Å². The van der Waals surface area contributed by atoms with Gasteiger partial charge in [-0.2, -0.15) is 5.10 Å². The highest BCUT2D eigenvalue weighted by atomic mass is 16.2. The summed E-state index contributed by atoms with van der Waals surface area (Å²) in [6.45, 7) is 4.65. The Balaban J connectivity index is 1.72. The quantitative estimate of drug-likeness (QED) is 0.894. The minimum Gasteiger partial charge on any atom is -0.371 e. The largest absolute Gasteiger partial charge is 0.371 e. The van der Waals surface area contributed by atoms with Crippen LogP contribution in [-0.2, 0) is 18.4 Å². The number of anilines is 1. The lowest BCUT2D eigenvalue weighted by atomic mass is 9.85. The van der Waals surface area contributed by atoms with Crippen LogP contribution in [-0.4, -0.2) is 58.2 Å². The van der Waals surface area contributed by atoms with Crippen molar-refractivity contribution in [2.75, 3.05) is 32.5 Å². The minimum atomic E-state index is -0.538. The summed E-state index contributed by atoms with van der Waals surface area (Å²) < 4.78 is 1.95. The number of hydrogen-bond acceptors (Lipinski definition) is 4. The van der Waals surface area contributed by atoms with Crippen LogP contribution in [0.1, 0.15) is 24.2 Å². The van der Waals surface area contributed by atoms with Gasteiger partial charge in [0.2, 0.25) is 5.91 Å². The standard InChI is InChI=1S/C20H29N5O/c1-16-14-18(24(4)22-16)15-25-12-10-20(11-13-25,19(26)23(2)3)21-17-8-6-5-7-9-17/h5-9,14,21H,10-13,15H2,1-4H3. The van der Waals surface area contributed by atoms with Crippen LogP contribution in [0.2, 0.25) is 0 Å². The first-order chi connectivity index (χ1) is 12.4. The Bertz CT molecular complexity index is 745. The molecule has 1 N–H and O–H groups in total. The number of aromatic nitrogens is 2. The lowest BCUT2D eigenvalue weighted by Gasteiger charge is -2.43. The van der Waals surface area contributed by atoms with Crippen LogP contribution in [0.3, 0.4) is 0 Å². The second-order valence-electron chi connectivity index (χ2n) is 7.45. The Hall–Kier alpha value is -2.34. The molecule has 1 aliphatic heterocycles. The molecule has 0 bridgehead atoms. The maximum absolute atomic E-state index is 13.0. The summed E-state index contributed by atoms with van der Waals surface area (Å²) in [4.78, 5) is 17.1. The number of hydrogen-bond donors (Lipinski definition) is 1. The third kappa shape index (κ3) is 3.90. The van der Waals surface area contributed by atoms with Crippen LogP contribution >= 0.6 is 0 Å². The van der Waals surface area contributed by atoms with Crippen LogP contribution in [0.25, 0.3) is 0 Å². The van der Waals surface area contributed by atoms with E-state index in [0.29, 0.717) is 0 Å². The smallest absolute Gasteiger partial charge is 0.247 e. The number of carbonyl (C=O) groups is 1. The average molecular weight is 355 g/mol. The molecular formula is C20H29N5O. The molecule has 2 aromatic rings. The Morgan fingerprint density at radius 1 is 1.23 bits per heavy atom.